The van der Waals surface area contributed by atoms with Crippen molar-refractivity contribution >= 4 is 29.7 Å². The number of nitrogens with zero attached hydrogens (tertiary/aromatic N) is 2. The van der Waals surface area contributed by atoms with Gasteiger partial charge in [-0.3, -0.25) is 14.5 Å². The van der Waals surface area contributed by atoms with Gasteiger partial charge < -0.3 is 9.90 Å². The SMILES string of the molecule is O=C1c2ccccc2C(=O)N1CC=C1CCCC[N+]1(Cl)C(=O)[O-]. The number of imide groups is 1. The molecule has 3 rings (SSSR count). The van der Waals surface area contributed by atoms with Gasteiger partial charge in [0.05, 0.1) is 17.7 Å². The smallest absolute Gasteiger partial charge is 0.281 e. The molecule has 1 saturated heterocycles. The number of hydrogen-bond acceptors (Lipinski definition) is 4. The number of amides is 3. The molecule has 1 atom stereocenters. The molecule has 0 radical (unpaired) electrons. The van der Waals surface area contributed by atoms with Crippen LogP contribution in [-0.2, 0) is 0 Å². The van der Waals surface area contributed by atoms with Gasteiger partial charge in [-0.25, -0.2) is 0 Å². The Bertz CT molecular complexity index is 696. The number of carbonyl (C=O) groups is 3. The highest BCUT2D eigenvalue weighted by atomic mass is 35.5. The Kier molecular flexibility index (Phi) is 3.95. The number of allylic oxidation sites excluding steroid dienone is 1. The molecular formula is C16H15ClN2O4. The Hall–Kier alpha value is -2.18. The van der Waals surface area contributed by atoms with E-state index in [-0.39, 0.29) is 24.9 Å². The maximum atomic E-state index is 12.3. The third-order valence-electron chi connectivity index (χ3n) is 4.28. The fourth-order valence-corrected chi connectivity index (χ4v) is 3.29. The lowest BCUT2D eigenvalue weighted by Gasteiger charge is -2.33. The molecule has 0 N–H and O–H groups in total. The molecule has 0 spiro atoms. The van der Waals surface area contributed by atoms with Crippen molar-refractivity contribution in [1.82, 2.24) is 4.90 Å². The van der Waals surface area contributed by atoms with Crippen LogP contribution >= 0.6 is 11.8 Å². The van der Waals surface area contributed by atoms with E-state index in [1.165, 1.54) is 0 Å². The molecular weight excluding hydrogens is 320 g/mol. The van der Waals surface area contributed by atoms with Crippen LogP contribution in [0.1, 0.15) is 40.0 Å². The van der Waals surface area contributed by atoms with Crippen LogP contribution in [0.4, 0.5) is 4.79 Å². The summed E-state index contributed by atoms with van der Waals surface area (Å²) < 4.78 is -0.802. The van der Waals surface area contributed by atoms with Gasteiger partial charge in [-0.15, -0.1) is 4.00 Å². The molecule has 7 heteroatoms. The van der Waals surface area contributed by atoms with Gasteiger partial charge in [-0.1, -0.05) is 12.1 Å². The van der Waals surface area contributed by atoms with Crippen molar-refractivity contribution in [2.24, 2.45) is 0 Å². The zero-order valence-electron chi connectivity index (χ0n) is 12.3. The summed E-state index contributed by atoms with van der Waals surface area (Å²) in [7, 11) is 0. The predicted octanol–water partition coefficient (Wildman–Crippen LogP) is 1.66. The topological polar surface area (TPSA) is 77.5 Å². The van der Waals surface area contributed by atoms with Gasteiger partial charge >= 0.3 is 0 Å². The molecule has 3 amide bonds. The highest BCUT2D eigenvalue weighted by Gasteiger charge is 2.39. The summed E-state index contributed by atoms with van der Waals surface area (Å²) >= 11 is 6.14. The largest absolute Gasteiger partial charge is 0.497 e. The fraction of sp³-hybridized carbons (Fsp3) is 0.312. The van der Waals surface area contributed by atoms with E-state index >= 15 is 0 Å². The quantitative estimate of drug-likeness (QED) is 0.609. The number of piperidine rings is 1. The molecule has 6 nitrogen and oxygen atoms in total. The van der Waals surface area contributed by atoms with Crippen molar-refractivity contribution in [3.05, 3.63) is 47.2 Å². The predicted molar refractivity (Wildman–Crippen MR) is 80.1 cm³/mol. The number of halogens is 1. The minimum atomic E-state index is -1.39. The molecule has 2 aliphatic rings. The number of benzene rings is 1. The van der Waals surface area contributed by atoms with Gasteiger partial charge in [0, 0.05) is 6.42 Å². The Morgan fingerprint density at radius 1 is 1.22 bits per heavy atom. The molecule has 1 aromatic carbocycles. The molecule has 2 heterocycles. The second kappa shape index (κ2) is 5.79. The lowest BCUT2D eigenvalue weighted by Crippen LogP contribution is -2.53. The molecule has 0 aromatic heterocycles. The fourth-order valence-electron chi connectivity index (χ4n) is 3.01. The van der Waals surface area contributed by atoms with Crippen LogP contribution in [0.2, 0.25) is 0 Å². The molecule has 0 saturated carbocycles. The lowest BCUT2D eigenvalue weighted by atomic mass is 10.1. The third-order valence-corrected chi connectivity index (χ3v) is 4.81. The molecule has 0 bridgehead atoms. The molecule has 1 unspecified atom stereocenters. The van der Waals surface area contributed by atoms with Crippen molar-refractivity contribution in [3.8, 4) is 0 Å². The van der Waals surface area contributed by atoms with Crippen LogP contribution in [0.3, 0.4) is 0 Å². The molecule has 120 valence electrons. The summed E-state index contributed by atoms with van der Waals surface area (Å²) in [5.41, 5.74) is 1.19. The number of hydrogen-bond donors (Lipinski definition) is 0. The summed E-state index contributed by atoms with van der Waals surface area (Å²) in [5, 5.41) is 11.3. The number of fused-ring (bicyclic) bond motifs is 1. The summed E-state index contributed by atoms with van der Waals surface area (Å²) in [4.78, 5) is 37.0. The minimum absolute atomic E-state index is 0.00167. The normalized spacial score (nSPS) is 25.8. The third kappa shape index (κ3) is 2.54. The first kappa shape index (κ1) is 15.7. The first-order chi connectivity index (χ1) is 10.9. The van der Waals surface area contributed by atoms with Crippen molar-refractivity contribution in [3.63, 3.8) is 0 Å². The van der Waals surface area contributed by atoms with Crippen molar-refractivity contribution < 1.29 is 23.5 Å². The average Bonchev–Trinajstić information content (AvgIpc) is 2.79. The second-order valence-electron chi connectivity index (χ2n) is 5.63. The summed E-state index contributed by atoms with van der Waals surface area (Å²) in [6.07, 6.45) is 2.17. The number of carboxylic acid groups (broad SMARTS) is 1. The van der Waals surface area contributed by atoms with Crippen LogP contribution < -0.4 is 5.11 Å². The number of carbonyl (C=O) groups excluding carboxylic acids is 3. The molecule has 0 aliphatic carbocycles. The number of likely N-dealkylation sites (tertiary alicyclic amines) is 1. The van der Waals surface area contributed by atoms with E-state index in [9.17, 15) is 19.5 Å². The highest BCUT2D eigenvalue weighted by molar-refractivity contribution is 6.21. The van der Waals surface area contributed by atoms with E-state index < -0.39 is 10.1 Å². The number of quaternary nitrogens is 1. The zero-order valence-corrected chi connectivity index (χ0v) is 13.1. The van der Waals surface area contributed by atoms with Gasteiger partial charge in [0.2, 0.25) is 0 Å². The lowest BCUT2D eigenvalue weighted by molar-refractivity contribution is -0.734. The Morgan fingerprint density at radius 3 is 2.39 bits per heavy atom. The Balaban J connectivity index is 1.84. The summed E-state index contributed by atoms with van der Waals surface area (Å²) in [6.45, 7) is 0.236. The maximum absolute atomic E-state index is 12.3. The highest BCUT2D eigenvalue weighted by Crippen LogP contribution is 2.32. The van der Waals surface area contributed by atoms with Crippen LogP contribution in [0.25, 0.3) is 0 Å². The van der Waals surface area contributed by atoms with E-state index in [0.29, 0.717) is 29.7 Å². The van der Waals surface area contributed by atoms with Crippen molar-refractivity contribution in [1.29, 1.82) is 0 Å². The summed E-state index contributed by atoms with van der Waals surface area (Å²) in [6, 6.07) is 6.60. The molecule has 1 aromatic rings. The van der Waals surface area contributed by atoms with E-state index in [2.05, 4.69) is 0 Å². The first-order valence-electron chi connectivity index (χ1n) is 7.39. The Morgan fingerprint density at radius 2 is 1.83 bits per heavy atom. The van der Waals surface area contributed by atoms with Crippen LogP contribution in [0.15, 0.2) is 36.0 Å². The average molecular weight is 335 g/mol. The summed E-state index contributed by atoms with van der Waals surface area (Å²) in [5.74, 6) is -0.751. The van der Waals surface area contributed by atoms with E-state index in [1.54, 1.807) is 30.3 Å². The van der Waals surface area contributed by atoms with E-state index in [1.807, 2.05) is 0 Å². The first-order valence-corrected chi connectivity index (χ1v) is 7.73. The molecule has 1 fully saturated rings. The Labute approximate surface area is 138 Å². The van der Waals surface area contributed by atoms with Crippen molar-refractivity contribution in [2.45, 2.75) is 19.3 Å². The second-order valence-corrected chi connectivity index (χ2v) is 6.20. The standard InChI is InChI=1S/C16H15ClN2O4/c17-19(16(22)23)10-4-3-5-11(19)8-9-18-14(20)12-6-1-2-7-13(12)15(18)21/h1-2,6-8H,3-5,9-10H2. The zero-order chi connectivity index (χ0) is 16.6. The van der Waals surface area contributed by atoms with Crippen molar-refractivity contribution in [2.75, 3.05) is 13.1 Å². The van der Waals surface area contributed by atoms with Crippen LogP contribution in [-0.4, -0.2) is 39.9 Å². The van der Waals surface area contributed by atoms with Gasteiger partial charge in [0.15, 0.2) is 11.8 Å². The number of rotatable bonds is 2. The molecule has 2 aliphatic heterocycles. The van der Waals surface area contributed by atoms with Crippen LogP contribution in [0.5, 0.6) is 0 Å². The molecule has 23 heavy (non-hydrogen) atoms. The maximum Gasteiger partial charge on any atom is 0.281 e. The van der Waals surface area contributed by atoms with Gasteiger partial charge in [0.25, 0.3) is 17.9 Å². The monoisotopic (exact) mass is 334 g/mol. The van der Waals surface area contributed by atoms with E-state index in [0.717, 1.165) is 11.3 Å². The van der Waals surface area contributed by atoms with Gasteiger partial charge in [0.1, 0.15) is 12.2 Å². The van der Waals surface area contributed by atoms with Gasteiger partial charge in [-0.2, -0.15) is 0 Å². The van der Waals surface area contributed by atoms with E-state index in [4.69, 9.17) is 11.8 Å². The van der Waals surface area contributed by atoms with Crippen LogP contribution in [0, 0.1) is 0 Å². The minimum Gasteiger partial charge on any atom is -0.497 e. The van der Waals surface area contributed by atoms with Gasteiger partial charge in [-0.05, 0) is 31.1 Å².